The summed E-state index contributed by atoms with van der Waals surface area (Å²) in [6.07, 6.45) is 0. The second kappa shape index (κ2) is 4.83. The first-order valence-corrected chi connectivity index (χ1v) is 7.12. The summed E-state index contributed by atoms with van der Waals surface area (Å²) in [4.78, 5) is 16.4. The van der Waals surface area contributed by atoms with E-state index in [2.05, 4.69) is 10.1 Å². The van der Waals surface area contributed by atoms with Crippen molar-refractivity contribution in [2.75, 3.05) is 0 Å². The van der Waals surface area contributed by atoms with Crippen LogP contribution in [0.15, 0.2) is 51.7 Å². The lowest BCUT2D eigenvalue weighted by atomic mass is 10.2. The number of benzene rings is 2. The molecule has 2 heterocycles. The minimum atomic E-state index is -0.600. The van der Waals surface area contributed by atoms with Gasteiger partial charge in [0.1, 0.15) is 5.58 Å². The van der Waals surface area contributed by atoms with Gasteiger partial charge in [-0.1, -0.05) is 23.2 Å². The van der Waals surface area contributed by atoms with Crippen molar-refractivity contribution in [3.63, 3.8) is 0 Å². The predicted octanol–water partition coefficient (Wildman–Crippen LogP) is 3.81. The largest absolute Gasteiger partial charge is 0.442 e. The van der Waals surface area contributed by atoms with E-state index in [1.165, 1.54) is 0 Å². The van der Waals surface area contributed by atoms with Gasteiger partial charge in [-0.25, -0.2) is 9.78 Å². The molecule has 0 saturated carbocycles. The SMILES string of the molecule is O=c1oc2ccc(Cl)cc2c2nc(-c3ccc(Cl)cc3)nn12. The number of halogens is 2. The summed E-state index contributed by atoms with van der Waals surface area (Å²) >= 11 is 11.9. The third-order valence-electron chi connectivity index (χ3n) is 3.26. The molecule has 0 unspecified atom stereocenters. The summed E-state index contributed by atoms with van der Waals surface area (Å²) in [5, 5.41) is 5.97. The molecule has 2 aromatic carbocycles. The van der Waals surface area contributed by atoms with E-state index in [9.17, 15) is 4.79 Å². The highest BCUT2D eigenvalue weighted by molar-refractivity contribution is 6.31. The van der Waals surface area contributed by atoms with Crippen LogP contribution in [0.1, 0.15) is 0 Å². The molecule has 5 nitrogen and oxygen atoms in total. The van der Waals surface area contributed by atoms with E-state index in [4.69, 9.17) is 27.6 Å². The maximum absolute atomic E-state index is 12.0. The van der Waals surface area contributed by atoms with Crippen molar-refractivity contribution in [2.24, 2.45) is 0 Å². The Morgan fingerprint density at radius 3 is 2.50 bits per heavy atom. The molecule has 0 aliphatic rings. The Morgan fingerprint density at radius 2 is 1.73 bits per heavy atom. The molecular weight excluding hydrogens is 325 g/mol. The van der Waals surface area contributed by atoms with Crippen molar-refractivity contribution in [3.8, 4) is 11.4 Å². The molecule has 0 bridgehead atoms. The maximum Gasteiger partial charge on any atom is 0.442 e. The summed E-state index contributed by atoms with van der Waals surface area (Å²) in [7, 11) is 0. The lowest BCUT2D eigenvalue weighted by Gasteiger charge is -1.97. The molecule has 0 fully saturated rings. The van der Waals surface area contributed by atoms with E-state index < -0.39 is 5.76 Å². The molecule has 4 aromatic rings. The third-order valence-corrected chi connectivity index (χ3v) is 3.75. The molecule has 0 spiro atoms. The van der Waals surface area contributed by atoms with Gasteiger partial charge in [0.25, 0.3) is 0 Å². The van der Waals surface area contributed by atoms with Gasteiger partial charge in [-0.05, 0) is 42.5 Å². The highest BCUT2D eigenvalue weighted by Gasteiger charge is 2.14. The Hall–Kier alpha value is -2.37. The van der Waals surface area contributed by atoms with Crippen molar-refractivity contribution in [1.29, 1.82) is 0 Å². The average molecular weight is 332 g/mol. The van der Waals surface area contributed by atoms with Crippen LogP contribution < -0.4 is 5.76 Å². The lowest BCUT2D eigenvalue weighted by Crippen LogP contribution is -2.12. The van der Waals surface area contributed by atoms with Crippen molar-refractivity contribution in [2.45, 2.75) is 0 Å². The molecule has 0 atom stereocenters. The van der Waals surface area contributed by atoms with E-state index in [1.54, 1.807) is 42.5 Å². The number of rotatable bonds is 1. The Kier molecular flexibility index (Phi) is 2.92. The standard InChI is InChI=1S/C15H7Cl2N3O2/c16-9-3-1-8(2-4-9)13-18-14-11-7-10(17)5-6-12(11)22-15(21)20(14)19-13/h1-7H. The molecule has 0 N–H and O–H groups in total. The molecule has 4 rings (SSSR count). The van der Waals surface area contributed by atoms with Crippen LogP contribution in [-0.2, 0) is 0 Å². The van der Waals surface area contributed by atoms with Crippen LogP contribution >= 0.6 is 23.2 Å². The molecule has 0 amide bonds. The first-order valence-electron chi connectivity index (χ1n) is 6.37. The summed E-state index contributed by atoms with van der Waals surface area (Å²) in [5.74, 6) is -0.186. The van der Waals surface area contributed by atoms with Gasteiger partial charge >= 0.3 is 5.76 Å². The minimum Gasteiger partial charge on any atom is -0.408 e. The lowest BCUT2D eigenvalue weighted by molar-refractivity contribution is 0.507. The summed E-state index contributed by atoms with van der Waals surface area (Å²) in [6.45, 7) is 0. The molecule has 22 heavy (non-hydrogen) atoms. The first kappa shape index (κ1) is 13.3. The van der Waals surface area contributed by atoms with Gasteiger partial charge in [0.2, 0.25) is 0 Å². The topological polar surface area (TPSA) is 60.4 Å². The van der Waals surface area contributed by atoms with Gasteiger partial charge in [0.05, 0.1) is 5.39 Å². The molecule has 7 heteroatoms. The van der Waals surface area contributed by atoms with E-state index in [-0.39, 0.29) is 0 Å². The molecule has 108 valence electrons. The molecular formula is C15H7Cl2N3O2. The van der Waals surface area contributed by atoms with E-state index >= 15 is 0 Å². The van der Waals surface area contributed by atoms with Crippen LogP contribution in [0.25, 0.3) is 28.0 Å². The van der Waals surface area contributed by atoms with Crippen molar-refractivity contribution >= 4 is 39.8 Å². The smallest absolute Gasteiger partial charge is 0.408 e. The summed E-state index contributed by atoms with van der Waals surface area (Å²) in [5.41, 5.74) is 1.57. The number of hydrogen-bond donors (Lipinski definition) is 0. The quantitative estimate of drug-likeness (QED) is 0.532. The second-order valence-corrected chi connectivity index (χ2v) is 5.56. The maximum atomic E-state index is 12.0. The van der Waals surface area contributed by atoms with E-state index in [0.29, 0.717) is 32.5 Å². The monoisotopic (exact) mass is 331 g/mol. The van der Waals surface area contributed by atoms with Crippen LogP contribution in [0.4, 0.5) is 0 Å². The first-order chi connectivity index (χ1) is 10.6. The van der Waals surface area contributed by atoms with E-state index in [1.807, 2.05) is 0 Å². The molecule has 0 radical (unpaired) electrons. The van der Waals surface area contributed by atoms with Crippen LogP contribution in [-0.4, -0.2) is 14.6 Å². The fraction of sp³-hybridized carbons (Fsp3) is 0. The van der Waals surface area contributed by atoms with Crippen molar-refractivity contribution in [1.82, 2.24) is 14.6 Å². The Balaban J connectivity index is 2.06. The molecule has 2 aromatic heterocycles. The van der Waals surface area contributed by atoms with Gasteiger partial charge in [0.15, 0.2) is 11.5 Å². The zero-order valence-electron chi connectivity index (χ0n) is 11.0. The second-order valence-electron chi connectivity index (χ2n) is 4.69. The summed E-state index contributed by atoms with van der Waals surface area (Å²) in [6, 6.07) is 12.0. The highest BCUT2D eigenvalue weighted by Crippen LogP contribution is 2.24. The predicted molar refractivity (Wildman–Crippen MR) is 84.5 cm³/mol. The van der Waals surface area contributed by atoms with Crippen molar-refractivity contribution < 1.29 is 4.42 Å². The Bertz CT molecular complexity index is 1070. The fourth-order valence-electron chi connectivity index (χ4n) is 2.24. The highest BCUT2D eigenvalue weighted by atomic mass is 35.5. The minimum absolute atomic E-state index is 0.402. The molecule has 0 aliphatic carbocycles. The van der Waals surface area contributed by atoms with Crippen LogP contribution in [0, 0.1) is 0 Å². The normalized spacial score (nSPS) is 11.4. The van der Waals surface area contributed by atoms with Gasteiger partial charge in [0, 0.05) is 15.6 Å². The van der Waals surface area contributed by atoms with E-state index in [0.717, 1.165) is 10.1 Å². The fourth-order valence-corrected chi connectivity index (χ4v) is 2.54. The zero-order chi connectivity index (χ0) is 15.3. The number of aromatic nitrogens is 3. The van der Waals surface area contributed by atoms with Gasteiger partial charge in [-0.3, -0.25) is 0 Å². The molecule has 0 saturated heterocycles. The van der Waals surface area contributed by atoms with Crippen LogP contribution in [0.5, 0.6) is 0 Å². The zero-order valence-corrected chi connectivity index (χ0v) is 12.5. The number of fused-ring (bicyclic) bond motifs is 3. The van der Waals surface area contributed by atoms with Gasteiger partial charge in [-0.15, -0.1) is 9.61 Å². The van der Waals surface area contributed by atoms with Crippen LogP contribution in [0.3, 0.4) is 0 Å². The van der Waals surface area contributed by atoms with Crippen LogP contribution in [0.2, 0.25) is 10.0 Å². The Labute approximate surface area is 133 Å². The van der Waals surface area contributed by atoms with Crippen molar-refractivity contribution in [3.05, 3.63) is 63.1 Å². The van der Waals surface area contributed by atoms with Gasteiger partial charge in [-0.2, -0.15) is 0 Å². The number of hydrogen-bond acceptors (Lipinski definition) is 4. The average Bonchev–Trinajstić information content (AvgIpc) is 2.95. The summed E-state index contributed by atoms with van der Waals surface area (Å²) < 4.78 is 6.35. The molecule has 0 aliphatic heterocycles. The van der Waals surface area contributed by atoms with Gasteiger partial charge < -0.3 is 4.42 Å². The third kappa shape index (κ3) is 2.06. The number of nitrogens with zero attached hydrogens (tertiary/aromatic N) is 3. The Morgan fingerprint density at radius 1 is 1.00 bits per heavy atom.